The van der Waals surface area contributed by atoms with Gasteiger partial charge in [-0.25, -0.2) is 9.59 Å². The average molecular weight is 518 g/mol. The number of fused-ring (bicyclic) bond motifs is 2. The lowest BCUT2D eigenvalue weighted by Crippen LogP contribution is -2.22. The van der Waals surface area contributed by atoms with Gasteiger partial charge in [0.2, 0.25) is 0 Å². The Labute approximate surface area is 214 Å². The lowest BCUT2D eigenvalue weighted by molar-refractivity contribution is 0.453. The lowest BCUT2D eigenvalue weighted by Gasteiger charge is -2.20. The molecule has 178 valence electrons. The highest BCUT2D eigenvalue weighted by molar-refractivity contribution is 6.31. The zero-order chi connectivity index (χ0) is 25.6. The first-order valence-corrected chi connectivity index (χ1v) is 11.8. The molecule has 8 heteroatoms. The molecule has 5 aromatic rings. The van der Waals surface area contributed by atoms with Crippen molar-refractivity contribution in [3.05, 3.63) is 119 Å². The van der Waals surface area contributed by atoms with Gasteiger partial charge in [0.05, 0.1) is 28.0 Å². The van der Waals surface area contributed by atoms with E-state index in [2.05, 4.69) is 6.07 Å². The second kappa shape index (κ2) is 9.19. The summed E-state index contributed by atoms with van der Waals surface area (Å²) in [6.07, 6.45) is 0.771. The van der Waals surface area contributed by atoms with Gasteiger partial charge >= 0.3 is 11.3 Å². The van der Waals surface area contributed by atoms with Gasteiger partial charge in [0, 0.05) is 15.4 Å². The van der Waals surface area contributed by atoms with Gasteiger partial charge in [-0.3, -0.25) is 0 Å². The molecule has 0 bridgehead atoms. The van der Waals surface area contributed by atoms with E-state index in [1.165, 1.54) is 30.3 Å². The van der Waals surface area contributed by atoms with Crippen molar-refractivity contribution >= 4 is 45.1 Å². The molecule has 36 heavy (non-hydrogen) atoms. The SMILES string of the molecule is CCc1ccc(C(c2c(O)c3cc(Cl)ccc3oc2=O)c2c(C#N)c3cc(Cl)ccc3oc2=O)cc1. The second-order valence-electron chi connectivity index (χ2n) is 8.25. The number of aryl methyl sites for hydroxylation is 1. The van der Waals surface area contributed by atoms with Crippen LogP contribution in [0, 0.1) is 11.3 Å². The van der Waals surface area contributed by atoms with Crippen LogP contribution in [0.5, 0.6) is 5.75 Å². The Hall–Kier alpha value is -4.05. The molecule has 5 rings (SSSR count). The molecule has 0 spiro atoms. The predicted octanol–water partition coefficient (Wildman–Crippen LogP) is 6.53. The Kier molecular flexibility index (Phi) is 6.05. The molecule has 6 nitrogen and oxygen atoms in total. The van der Waals surface area contributed by atoms with Crippen LogP contribution in [0.2, 0.25) is 10.0 Å². The molecule has 0 aliphatic carbocycles. The Morgan fingerprint density at radius 3 is 2.00 bits per heavy atom. The van der Waals surface area contributed by atoms with Gasteiger partial charge in [-0.2, -0.15) is 5.26 Å². The van der Waals surface area contributed by atoms with Gasteiger partial charge in [-0.05, 0) is 53.9 Å². The van der Waals surface area contributed by atoms with Crippen molar-refractivity contribution in [1.29, 1.82) is 5.26 Å². The number of aromatic hydroxyl groups is 1. The van der Waals surface area contributed by atoms with Crippen LogP contribution in [-0.4, -0.2) is 5.11 Å². The summed E-state index contributed by atoms with van der Waals surface area (Å²) in [5.74, 6) is -1.58. The van der Waals surface area contributed by atoms with E-state index in [1.807, 2.05) is 19.1 Å². The standard InChI is InChI=1S/C28H17Cl2NO5/c1-2-14-3-5-15(6-4-14)23(25-26(32)19-12-17(30)8-10-22(19)36-28(25)34)24-20(13-31)18-11-16(29)7-9-21(18)35-27(24)33/h3-12,23,32H,2H2,1H3. The third kappa shape index (κ3) is 3.93. The van der Waals surface area contributed by atoms with Crippen molar-refractivity contribution in [3.8, 4) is 11.8 Å². The van der Waals surface area contributed by atoms with E-state index in [1.54, 1.807) is 18.2 Å². The predicted molar refractivity (Wildman–Crippen MR) is 138 cm³/mol. The van der Waals surface area contributed by atoms with Crippen LogP contribution >= 0.6 is 23.2 Å². The number of halogens is 2. The van der Waals surface area contributed by atoms with Gasteiger partial charge in [0.15, 0.2) is 0 Å². The van der Waals surface area contributed by atoms with E-state index in [0.29, 0.717) is 21.0 Å². The summed E-state index contributed by atoms with van der Waals surface area (Å²) >= 11 is 12.3. The summed E-state index contributed by atoms with van der Waals surface area (Å²) in [5.41, 5.74) is -0.205. The zero-order valence-corrected chi connectivity index (χ0v) is 20.4. The van der Waals surface area contributed by atoms with Crippen LogP contribution in [-0.2, 0) is 6.42 Å². The van der Waals surface area contributed by atoms with Crippen LogP contribution < -0.4 is 11.3 Å². The first kappa shape index (κ1) is 23.7. The quantitative estimate of drug-likeness (QED) is 0.272. The lowest BCUT2D eigenvalue weighted by atomic mass is 9.82. The third-order valence-corrected chi connectivity index (χ3v) is 6.66. The average Bonchev–Trinajstić information content (AvgIpc) is 2.87. The largest absolute Gasteiger partial charge is 0.507 e. The van der Waals surface area contributed by atoms with Crippen molar-refractivity contribution < 1.29 is 13.9 Å². The van der Waals surface area contributed by atoms with E-state index >= 15 is 0 Å². The van der Waals surface area contributed by atoms with E-state index in [-0.39, 0.29) is 33.2 Å². The summed E-state index contributed by atoms with van der Waals surface area (Å²) in [6.45, 7) is 2.00. The molecule has 0 aliphatic rings. The van der Waals surface area contributed by atoms with Crippen molar-refractivity contribution in [1.82, 2.24) is 0 Å². The number of benzene rings is 3. The normalized spacial score (nSPS) is 12.1. The topological polar surface area (TPSA) is 104 Å². The van der Waals surface area contributed by atoms with Crippen LogP contribution in [0.4, 0.5) is 0 Å². The van der Waals surface area contributed by atoms with Crippen molar-refractivity contribution in [2.75, 3.05) is 0 Å². The molecule has 1 N–H and O–H groups in total. The molecule has 2 heterocycles. The molecule has 0 radical (unpaired) electrons. The fourth-order valence-electron chi connectivity index (χ4n) is 4.42. The van der Waals surface area contributed by atoms with E-state index in [4.69, 9.17) is 32.0 Å². The minimum Gasteiger partial charge on any atom is -0.507 e. The van der Waals surface area contributed by atoms with Crippen molar-refractivity contribution in [2.24, 2.45) is 0 Å². The Balaban J connectivity index is 1.93. The Bertz CT molecular complexity index is 1810. The smallest absolute Gasteiger partial charge is 0.344 e. The zero-order valence-electron chi connectivity index (χ0n) is 18.8. The fourth-order valence-corrected chi connectivity index (χ4v) is 4.77. The summed E-state index contributed by atoms with van der Waals surface area (Å²) in [4.78, 5) is 26.6. The summed E-state index contributed by atoms with van der Waals surface area (Å²) in [6, 6.07) is 18.3. The van der Waals surface area contributed by atoms with Crippen LogP contribution in [0.1, 0.15) is 40.7 Å². The van der Waals surface area contributed by atoms with Gasteiger partial charge in [-0.15, -0.1) is 0 Å². The monoisotopic (exact) mass is 517 g/mol. The highest BCUT2D eigenvalue weighted by Gasteiger charge is 2.32. The first-order valence-electron chi connectivity index (χ1n) is 11.0. The summed E-state index contributed by atoms with van der Waals surface area (Å²) < 4.78 is 11.1. The van der Waals surface area contributed by atoms with Gasteiger partial charge < -0.3 is 13.9 Å². The second-order valence-corrected chi connectivity index (χ2v) is 9.12. The summed E-state index contributed by atoms with van der Waals surface area (Å²) in [5, 5.41) is 22.6. The number of hydrogen-bond acceptors (Lipinski definition) is 6. The molecule has 3 aromatic carbocycles. The fraction of sp³-hybridized carbons (Fsp3) is 0.107. The molecule has 1 atom stereocenters. The molecular formula is C28H17Cl2NO5. The van der Waals surface area contributed by atoms with Crippen LogP contribution in [0.3, 0.4) is 0 Å². The summed E-state index contributed by atoms with van der Waals surface area (Å²) in [7, 11) is 0. The van der Waals surface area contributed by atoms with E-state index < -0.39 is 22.9 Å². The molecule has 0 saturated heterocycles. The van der Waals surface area contributed by atoms with Gasteiger partial charge in [-0.1, -0.05) is 54.4 Å². The number of rotatable bonds is 4. The van der Waals surface area contributed by atoms with Crippen molar-refractivity contribution in [2.45, 2.75) is 19.3 Å². The van der Waals surface area contributed by atoms with E-state index in [0.717, 1.165) is 12.0 Å². The Morgan fingerprint density at radius 1 is 0.861 bits per heavy atom. The molecule has 2 aromatic heterocycles. The van der Waals surface area contributed by atoms with Gasteiger partial charge in [0.1, 0.15) is 23.0 Å². The number of nitrogens with zero attached hydrogens (tertiary/aromatic N) is 1. The maximum absolute atomic E-state index is 13.4. The number of nitriles is 1. The first-order chi connectivity index (χ1) is 17.3. The van der Waals surface area contributed by atoms with Crippen molar-refractivity contribution in [3.63, 3.8) is 0 Å². The molecule has 1 unspecified atom stereocenters. The van der Waals surface area contributed by atoms with Crippen LogP contribution in [0.25, 0.3) is 21.9 Å². The maximum Gasteiger partial charge on any atom is 0.344 e. The minimum atomic E-state index is -1.18. The Morgan fingerprint density at radius 2 is 1.42 bits per heavy atom. The highest BCUT2D eigenvalue weighted by atomic mass is 35.5. The minimum absolute atomic E-state index is 0.0155. The molecule has 0 saturated carbocycles. The molecule has 0 amide bonds. The van der Waals surface area contributed by atoms with Gasteiger partial charge in [0.25, 0.3) is 0 Å². The number of hydrogen-bond donors (Lipinski definition) is 1. The molecule has 0 fully saturated rings. The molecule has 0 aliphatic heterocycles. The highest BCUT2D eigenvalue weighted by Crippen LogP contribution is 2.40. The third-order valence-electron chi connectivity index (χ3n) is 6.19. The molecular weight excluding hydrogens is 501 g/mol. The van der Waals surface area contributed by atoms with E-state index in [9.17, 15) is 20.0 Å². The van der Waals surface area contributed by atoms with Crippen LogP contribution in [0.15, 0.2) is 79.1 Å². The maximum atomic E-state index is 13.4.